The van der Waals surface area contributed by atoms with Gasteiger partial charge in [0.2, 0.25) is 5.91 Å². The van der Waals surface area contributed by atoms with E-state index >= 15 is 0 Å². The van der Waals surface area contributed by atoms with Crippen molar-refractivity contribution < 1.29 is 9.59 Å². The van der Waals surface area contributed by atoms with E-state index in [1.165, 1.54) is 11.3 Å². The van der Waals surface area contributed by atoms with Gasteiger partial charge in [0.25, 0.3) is 0 Å². The first kappa shape index (κ1) is 12.3. The third-order valence-electron chi connectivity index (χ3n) is 2.21. The lowest BCUT2D eigenvalue weighted by molar-refractivity contribution is -0.115. The van der Waals surface area contributed by atoms with Crippen LogP contribution < -0.4 is 11.1 Å². The van der Waals surface area contributed by atoms with E-state index < -0.39 is 0 Å². The zero-order chi connectivity index (χ0) is 13.0. The number of rotatable bonds is 4. The number of ketones is 1. The van der Waals surface area contributed by atoms with Crippen LogP contribution in [0, 0.1) is 0 Å². The van der Waals surface area contributed by atoms with Gasteiger partial charge in [-0.15, -0.1) is 11.3 Å². The average molecular weight is 261 g/mol. The fourth-order valence-corrected chi connectivity index (χ4v) is 1.95. The largest absolute Gasteiger partial charge is 0.399 e. The minimum atomic E-state index is -0.377. The lowest BCUT2D eigenvalue weighted by atomic mass is 10.1. The van der Waals surface area contributed by atoms with Crippen LogP contribution in [-0.2, 0) is 4.79 Å². The molecule has 0 bridgehead atoms. The smallest absolute Gasteiger partial charge is 0.233 e. The molecule has 0 unspecified atom stereocenters. The molecule has 0 aliphatic carbocycles. The van der Waals surface area contributed by atoms with E-state index in [9.17, 15) is 9.59 Å². The molecule has 6 heteroatoms. The van der Waals surface area contributed by atoms with Gasteiger partial charge in [-0.05, 0) is 12.1 Å². The Hall–Kier alpha value is -2.21. The molecular weight excluding hydrogens is 250 g/mol. The van der Waals surface area contributed by atoms with Crippen molar-refractivity contribution in [3.63, 3.8) is 0 Å². The number of amides is 1. The summed E-state index contributed by atoms with van der Waals surface area (Å²) in [5, 5.41) is 4.79. The molecule has 1 amide bonds. The Bertz CT molecular complexity index is 566. The normalized spacial score (nSPS) is 10.0. The molecule has 0 saturated carbocycles. The van der Waals surface area contributed by atoms with Crippen molar-refractivity contribution in [3.05, 3.63) is 41.4 Å². The predicted molar refractivity (Wildman–Crippen MR) is 70.5 cm³/mol. The Kier molecular flexibility index (Phi) is 3.69. The van der Waals surface area contributed by atoms with Crippen LogP contribution in [0.15, 0.2) is 35.8 Å². The second kappa shape index (κ2) is 5.42. The Morgan fingerprint density at radius 2 is 2.22 bits per heavy atom. The summed E-state index contributed by atoms with van der Waals surface area (Å²) < 4.78 is 0. The molecule has 5 nitrogen and oxygen atoms in total. The number of anilines is 2. The average Bonchev–Trinajstić information content (AvgIpc) is 2.81. The summed E-state index contributed by atoms with van der Waals surface area (Å²) in [6, 6.07) is 6.56. The number of thiazole rings is 1. The van der Waals surface area contributed by atoms with Crippen molar-refractivity contribution in [2.24, 2.45) is 0 Å². The SMILES string of the molecule is Nc1cccc(C(=O)CC(=O)Nc2nccs2)c1. The van der Waals surface area contributed by atoms with Gasteiger partial charge in [0.1, 0.15) is 0 Å². The third kappa shape index (κ3) is 3.14. The van der Waals surface area contributed by atoms with E-state index in [0.717, 1.165) is 0 Å². The molecule has 0 radical (unpaired) electrons. The number of nitrogens with two attached hydrogens (primary N) is 1. The summed E-state index contributed by atoms with van der Waals surface area (Å²) in [6.07, 6.45) is 1.36. The molecule has 1 aromatic carbocycles. The van der Waals surface area contributed by atoms with Crippen LogP contribution >= 0.6 is 11.3 Å². The minimum absolute atomic E-state index is 0.219. The van der Waals surface area contributed by atoms with E-state index in [4.69, 9.17) is 5.73 Å². The first-order chi connectivity index (χ1) is 8.65. The Morgan fingerprint density at radius 3 is 2.89 bits per heavy atom. The number of carbonyl (C=O) groups is 2. The number of Topliss-reactive ketones (excluding diaryl/α,β-unsaturated/α-hetero) is 1. The van der Waals surface area contributed by atoms with E-state index in [1.807, 2.05) is 0 Å². The lowest BCUT2D eigenvalue weighted by Crippen LogP contribution is -2.16. The van der Waals surface area contributed by atoms with Crippen molar-refractivity contribution in [2.75, 3.05) is 11.1 Å². The lowest BCUT2D eigenvalue weighted by Gasteiger charge is -2.02. The molecule has 3 N–H and O–H groups in total. The topological polar surface area (TPSA) is 85.1 Å². The molecule has 0 fully saturated rings. The summed E-state index contributed by atoms with van der Waals surface area (Å²) in [6.45, 7) is 0. The molecule has 0 atom stereocenters. The standard InChI is InChI=1S/C12H11N3O2S/c13-9-3-1-2-8(6-9)10(16)7-11(17)15-12-14-4-5-18-12/h1-6H,7,13H2,(H,14,15,17). The molecule has 2 aromatic rings. The molecule has 2 rings (SSSR count). The zero-order valence-corrected chi connectivity index (χ0v) is 10.2. The number of nitrogens with one attached hydrogen (secondary N) is 1. The number of hydrogen-bond donors (Lipinski definition) is 2. The highest BCUT2D eigenvalue weighted by atomic mass is 32.1. The molecule has 0 saturated heterocycles. The first-order valence-electron chi connectivity index (χ1n) is 5.23. The van der Waals surface area contributed by atoms with Crippen molar-refractivity contribution in [1.82, 2.24) is 4.98 Å². The highest BCUT2D eigenvalue weighted by Crippen LogP contribution is 2.12. The quantitative estimate of drug-likeness (QED) is 0.500. The van der Waals surface area contributed by atoms with E-state index in [0.29, 0.717) is 16.4 Å². The van der Waals surface area contributed by atoms with Crippen LogP contribution in [0.2, 0.25) is 0 Å². The van der Waals surface area contributed by atoms with Crippen molar-refractivity contribution >= 4 is 33.8 Å². The van der Waals surface area contributed by atoms with E-state index in [1.54, 1.807) is 35.8 Å². The van der Waals surface area contributed by atoms with Crippen LogP contribution in [0.1, 0.15) is 16.8 Å². The van der Waals surface area contributed by atoms with Crippen molar-refractivity contribution in [2.45, 2.75) is 6.42 Å². The van der Waals surface area contributed by atoms with Crippen molar-refractivity contribution in [1.29, 1.82) is 0 Å². The van der Waals surface area contributed by atoms with Gasteiger partial charge in [0.15, 0.2) is 10.9 Å². The van der Waals surface area contributed by atoms with E-state index in [2.05, 4.69) is 10.3 Å². The maximum absolute atomic E-state index is 11.8. The number of hydrogen-bond acceptors (Lipinski definition) is 5. The summed E-state index contributed by atoms with van der Waals surface area (Å²) in [5.74, 6) is -0.645. The molecule has 0 aliphatic heterocycles. The monoisotopic (exact) mass is 261 g/mol. The van der Waals surface area contributed by atoms with Gasteiger partial charge in [-0.2, -0.15) is 0 Å². The summed E-state index contributed by atoms with van der Waals surface area (Å²) in [7, 11) is 0. The third-order valence-corrected chi connectivity index (χ3v) is 2.90. The van der Waals surface area contributed by atoms with Crippen LogP contribution in [-0.4, -0.2) is 16.7 Å². The molecule has 1 heterocycles. The molecule has 1 aromatic heterocycles. The number of aromatic nitrogens is 1. The van der Waals surface area contributed by atoms with Crippen LogP contribution in [0.3, 0.4) is 0 Å². The highest BCUT2D eigenvalue weighted by Gasteiger charge is 2.12. The first-order valence-corrected chi connectivity index (χ1v) is 6.11. The Morgan fingerprint density at radius 1 is 1.39 bits per heavy atom. The van der Waals surface area contributed by atoms with Gasteiger partial charge in [0.05, 0.1) is 6.42 Å². The molecule has 92 valence electrons. The van der Waals surface area contributed by atoms with Gasteiger partial charge in [0, 0.05) is 22.8 Å². The zero-order valence-electron chi connectivity index (χ0n) is 9.42. The van der Waals surface area contributed by atoms with Gasteiger partial charge in [-0.1, -0.05) is 12.1 Å². The maximum atomic E-state index is 11.8. The second-order valence-electron chi connectivity index (χ2n) is 3.61. The maximum Gasteiger partial charge on any atom is 0.233 e. The predicted octanol–water partition coefficient (Wildman–Crippen LogP) is 1.94. The second-order valence-corrected chi connectivity index (χ2v) is 4.51. The van der Waals surface area contributed by atoms with Crippen molar-refractivity contribution in [3.8, 4) is 0 Å². The van der Waals surface area contributed by atoms with E-state index in [-0.39, 0.29) is 18.1 Å². The van der Waals surface area contributed by atoms with Gasteiger partial charge < -0.3 is 11.1 Å². The number of benzene rings is 1. The van der Waals surface area contributed by atoms with Gasteiger partial charge in [-0.3, -0.25) is 9.59 Å². The van der Waals surface area contributed by atoms with Crippen LogP contribution in [0.25, 0.3) is 0 Å². The Balaban J connectivity index is 1.97. The molecule has 0 aliphatic rings. The summed E-state index contributed by atoms with van der Waals surface area (Å²) in [5.41, 5.74) is 6.51. The summed E-state index contributed by atoms with van der Waals surface area (Å²) in [4.78, 5) is 27.3. The van der Waals surface area contributed by atoms with Gasteiger partial charge >= 0.3 is 0 Å². The molecule has 0 spiro atoms. The number of nitrogens with zero attached hydrogens (tertiary/aromatic N) is 1. The Labute approximate surface area is 108 Å². The molecular formula is C12H11N3O2S. The molecule has 18 heavy (non-hydrogen) atoms. The summed E-state index contributed by atoms with van der Waals surface area (Å²) >= 11 is 1.30. The fraction of sp³-hybridized carbons (Fsp3) is 0.0833. The minimum Gasteiger partial charge on any atom is -0.399 e. The highest BCUT2D eigenvalue weighted by molar-refractivity contribution is 7.13. The number of nitrogen functional groups attached to an aromatic ring is 1. The van der Waals surface area contributed by atoms with Gasteiger partial charge in [-0.25, -0.2) is 4.98 Å². The van der Waals surface area contributed by atoms with Crippen LogP contribution in [0.4, 0.5) is 10.8 Å². The fourth-order valence-electron chi connectivity index (χ4n) is 1.41. The van der Waals surface area contributed by atoms with Crippen LogP contribution in [0.5, 0.6) is 0 Å². The number of carbonyl (C=O) groups excluding carboxylic acids is 2.